The normalized spacial score (nSPS) is 13.8. The van der Waals surface area contributed by atoms with Crippen LogP contribution in [-0.4, -0.2) is 21.0 Å². The molecule has 0 saturated carbocycles. The minimum Gasteiger partial charge on any atom is -0.344 e. The van der Waals surface area contributed by atoms with Gasteiger partial charge in [-0.25, -0.2) is 0 Å². The number of non-ortho nitro benzene ring substituents is 1. The molecule has 0 spiro atoms. The Balaban J connectivity index is 2.27. The zero-order valence-electron chi connectivity index (χ0n) is 16.4. The maximum absolute atomic E-state index is 12.4. The van der Waals surface area contributed by atoms with E-state index in [0.717, 1.165) is 6.42 Å². The van der Waals surface area contributed by atoms with E-state index in [1.165, 1.54) is 12.1 Å². The highest BCUT2D eigenvalue weighted by Crippen LogP contribution is 2.28. The van der Waals surface area contributed by atoms with Crippen molar-refractivity contribution in [3.05, 3.63) is 40.3 Å². The van der Waals surface area contributed by atoms with Gasteiger partial charge in [0.05, 0.1) is 4.92 Å². The maximum Gasteiger partial charge on any atom is 0.270 e. The van der Waals surface area contributed by atoms with Gasteiger partial charge in [0.2, 0.25) is 17.6 Å². The van der Waals surface area contributed by atoms with Crippen molar-refractivity contribution in [2.75, 3.05) is 0 Å². The Morgan fingerprint density at radius 2 is 2.07 bits per heavy atom. The Morgan fingerprint density at radius 1 is 1.37 bits per heavy atom. The first-order valence-corrected chi connectivity index (χ1v) is 8.98. The Hall–Kier alpha value is -2.77. The molecule has 1 aromatic heterocycles. The lowest BCUT2D eigenvalue weighted by atomic mass is 9.91. The number of hydrogen-bond acceptors (Lipinski definition) is 6. The molecule has 2 atom stereocenters. The molecule has 0 bridgehead atoms. The molecule has 27 heavy (non-hydrogen) atoms. The number of carbonyl (C=O) groups is 1. The first-order chi connectivity index (χ1) is 12.6. The highest BCUT2D eigenvalue weighted by atomic mass is 16.6. The lowest BCUT2D eigenvalue weighted by Crippen LogP contribution is -2.34. The van der Waals surface area contributed by atoms with Crippen molar-refractivity contribution >= 4 is 11.6 Å². The summed E-state index contributed by atoms with van der Waals surface area (Å²) in [6.45, 7) is 10.0. The number of rotatable bonds is 7. The highest BCUT2D eigenvalue weighted by Gasteiger charge is 2.28. The quantitative estimate of drug-likeness (QED) is 0.572. The van der Waals surface area contributed by atoms with Crippen LogP contribution in [0.2, 0.25) is 0 Å². The molecular formula is C19H26N4O4. The molecule has 2 rings (SSSR count). The summed E-state index contributed by atoms with van der Waals surface area (Å²) in [5.74, 6) is 0.565. The van der Waals surface area contributed by atoms with Crippen LogP contribution in [0.3, 0.4) is 0 Å². The van der Waals surface area contributed by atoms with E-state index >= 15 is 0 Å². The predicted molar refractivity (Wildman–Crippen MR) is 101 cm³/mol. The molecule has 8 heteroatoms. The molecule has 0 radical (unpaired) electrons. The number of aromatic nitrogens is 2. The van der Waals surface area contributed by atoms with E-state index in [1.54, 1.807) is 12.1 Å². The lowest BCUT2D eigenvalue weighted by Gasteiger charge is -2.23. The Morgan fingerprint density at radius 3 is 2.67 bits per heavy atom. The minimum atomic E-state index is -0.473. The van der Waals surface area contributed by atoms with Crippen molar-refractivity contribution in [3.8, 4) is 11.4 Å². The second-order valence-corrected chi connectivity index (χ2v) is 7.93. The zero-order valence-corrected chi connectivity index (χ0v) is 16.4. The summed E-state index contributed by atoms with van der Waals surface area (Å²) in [4.78, 5) is 27.3. The smallest absolute Gasteiger partial charge is 0.270 e. The third-order valence-electron chi connectivity index (χ3n) is 4.24. The minimum absolute atomic E-state index is 0.0455. The molecule has 0 aliphatic rings. The molecule has 1 amide bonds. The average Bonchev–Trinajstić information content (AvgIpc) is 3.07. The van der Waals surface area contributed by atoms with Crippen molar-refractivity contribution < 1.29 is 14.2 Å². The number of nitrogens with one attached hydrogen (secondary N) is 1. The van der Waals surface area contributed by atoms with Gasteiger partial charge in [0.1, 0.15) is 6.04 Å². The number of carbonyl (C=O) groups excluding carboxylic acids is 1. The van der Waals surface area contributed by atoms with Crippen LogP contribution < -0.4 is 5.32 Å². The van der Waals surface area contributed by atoms with Gasteiger partial charge < -0.3 is 9.84 Å². The molecule has 1 heterocycles. The Bertz CT molecular complexity index is 810. The molecule has 0 fully saturated rings. The van der Waals surface area contributed by atoms with Crippen LogP contribution in [0.1, 0.15) is 59.4 Å². The van der Waals surface area contributed by atoms with E-state index in [1.807, 2.05) is 34.6 Å². The van der Waals surface area contributed by atoms with Gasteiger partial charge in [0.15, 0.2) is 0 Å². The SMILES string of the molecule is CC[C@@H](C)[C@@H](NC(=O)CC(C)(C)C)c1nc(-c2cccc([N+](=O)[O-])c2)no1. The molecule has 2 aromatic rings. The fourth-order valence-corrected chi connectivity index (χ4v) is 2.63. The predicted octanol–water partition coefficient (Wildman–Crippen LogP) is 4.28. The van der Waals surface area contributed by atoms with Crippen molar-refractivity contribution in [1.82, 2.24) is 15.5 Å². The van der Waals surface area contributed by atoms with Crippen LogP contribution in [0.15, 0.2) is 28.8 Å². The molecule has 0 unspecified atom stereocenters. The summed E-state index contributed by atoms with van der Waals surface area (Å²) in [5, 5.41) is 17.9. The van der Waals surface area contributed by atoms with Gasteiger partial charge in [-0.05, 0) is 11.3 Å². The third-order valence-corrected chi connectivity index (χ3v) is 4.24. The molecule has 1 aromatic carbocycles. The van der Waals surface area contributed by atoms with Crippen LogP contribution >= 0.6 is 0 Å². The van der Waals surface area contributed by atoms with Gasteiger partial charge in [0, 0.05) is 24.1 Å². The zero-order chi connectivity index (χ0) is 20.2. The number of benzene rings is 1. The van der Waals surface area contributed by atoms with Crippen LogP contribution in [0.25, 0.3) is 11.4 Å². The number of amides is 1. The molecule has 1 N–H and O–H groups in total. The Labute approximate surface area is 158 Å². The first-order valence-electron chi connectivity index (χ1n) is 8.98. The Kier molecular flexibility index (Phi) is 6.30. The summed E-state index contributed by atoms with van der Waals surface area (Å²) >= 11 is 0. The van der Waals surface area contributed by atoms with Crippen LogP contribution in [0, 0.1) is 21.4 Å². The summed E-state index contributed by atoms with van der Waals surface area (Å²) in [6.07, 6.45) is 1.20. The van der Waals surface area contributed by atoms with Crippen LogP contribution in [0.5, 0.6) is 0 Å². The van der Waals surface area contributed by atoms with Gasteiger partial charge in [-0.2, -0.15) is 4.98 Å². The summed E-state index contributed by atoms with van der Waals surface area (Å²) in [6, 6.07) is 5.63. The van der Waals surface area contributed by atoms with Crippen LogP contribution in [0.4, 0.5) is 5.69 Å². The monoisotopic (exact) mass is 374 g/mol. The maximum atomic E-state index is 12.4. The van der Waals surface area contributed by atoms with Crippen LogP contribution in [-0.2, 0) is 4.79 Å². The highest BCUT2D eigenvalue weighted by molar-refractivity contribution is 5.77. The van der Waals surface area contributed by atoms with Crippen molar-refractivity contribution in [2.24, 2.45) is 11.3 Å². The molecular weight excluding hydrogens is 348 g/mol. The third kappa shape index (κ3) is 5.60. The second-order valence-electron chi connectivity index (χ2n) is 7.93. The fourth-order valence-electron chi connectivity index (χ4n) is 2.63. The van der Waals surface area contributed by atoms with E-state index in [0.29, 0.717) is 17.9 Å². The second kappa shape index (κ2) is 8.28. The van der Waals surface area contributed by atoms with E-state index in [2.05, 4.69) is 15.5 Å². The number of nitrogens with zero attached hydrogens (tertiary/aromatic N) is 3. The van der Waals surface area contributed by atoms with E-state index < -0.39 is 11.0 Å². The molecule has 146 valence electrons. The van der Waals surface area contributed by atoms with E-state index in [9.17, 15) is 14.9 Å². The summed E-state index contributed by atoms with van der Waals surface area (Å²) in [5.41, 5.74) is 0.312. The van der Waals surface area contributed by atoms with Crippen molar-refractivity contribution in [1.29, 1.82) is 0 Å². The van der Waals surface area contributed by atoms with Gasteiger partial charge in [-0.1, -0.05) is 58.3 Å². The lowest BCUT2D eigenvalue weighted by molar-refractivity contribution is -0.384. The standard InChI is InChI=1S/C19H26N4O4/c1-6-12(2)16(20-15(24)11-19(3,4)5)18-21-17(22-27-18)13-8-7-9-14(10-13)23(25)26/h7-10,12,16H,6,11H2,1-5H3,(H,20,24)/t12-,16-/m1/s1. The van der Waals surface area contributed by atoms with Gasteiger partial charge in [-0.3, -0.25) is 14.9 Å². The average molecular weight is 374 g/mol. The number of hydrogen-bond donors (Lipinski definition) is 1. The van der Waals surface area contributed by atoms with Gasteiger partial charge >= 0.3 is 0 Å². The topological polar surface area (TPSA) is 111 Å². The fraction of sp³-hybridized carbons (Fsp3) is 0.526. The molecule has 8 nitrogen and oxygen atoms in total. The molecule has 0 aliphatic carbocycles. The largest absolute Gasteiger partial charge is 0.344 e. The van der Waals surface area contributed by atoms with Gasteiger partial charge in [-0.15, -0.1) is 0 Å². The first kappa shape index (κ1) is 20.5. The van der Waals surface area contributed by atoms with Crippen molar-refractivity contribution in [2.45, 2.75) is 53.5 Å². The summed E-state index contributed by atoms with van der Waals surface area (Å²) in [7, 11) is 0. The van der Waals surface area contributed by atoms with E-state index in [4.69, 9.17) is 4.52 Å². The van der Waals surface area contributed by atoms with E-state index in [-0.39, 0.29) is 28.8 Å². The number of nitro benzene ring substituents is 1. The molecule has 0 aliphatic heterocycles. The van der Waals surface area contributed by atoms with Gasteiger partial charge in [0.25, 0.3) is 5.69 Å². The summed E-state index contributed by atoms with van der Waals surface area (Å²) < 4.78 is 5.39. The van der Waals surface area contributed by atoms with Crippen molar-refractivity contribution in [3.63, 3.8) is 0 Å². The number of nitro groups is 1. The molecule has 0 saturated heterocycles.